The third-order valence-corrected chi connectivity index (χ3v) is 5.65. The highest BCUT2D eigenvalue weighted by Gasteiger charge is 2.25. The Bertz CT molecular complexity index is 977. The first kappa shape index (κ1) is 18.9. The third kappa shape index (κ3) is 3.75. The molecule has 1 saturated heterocycles. The lowest BCUT2D eigenvalue weighted by Gasteiger charge is -2.32. The molecule has 0 atom stereocenters. The number of hydrogen-bond acceptors (Lipinski definition) is 4. The van der Waals surface area contributed by atoms with E-state index in [1.165, 1.54) is 5.56 Å². The third-order valence-electron chi connectivity index (χ3n) is 5.43. The van der Waals surface area contributed by atoms with Crippen molar-refractivity contribution in [2.24, 2.45) is 0 Å². The molecule has 1 fully saturated rings. The number of likely N-dealkylation sites (tertiary alicyclic amines) is 1. The van der Waals surface area contributed by atoms with E-state index in [1.54, 1.807) is 25.1 Å². The van der Waals surface area contributed by atoms with Gasteiger partial charge in [0.25, 0.3) is 5.91 Å². The number of pyridine rings is 2. The predicted octanol–water partition coefficient (Wildman–Crippen LogP) is 3.46. The number of nitrogens with zero attached hydrogens (tertiary/aromatic N) is 5. The van der Waals surface area contributed by atoms with E-state index >= 15 is 0 Å². The molecule has 4 rings (SSSR count). The van der Waals surface area contributed by atoms with Gasteiger partial charge in [-0.25, -0.2) is 4.98 Å². The lowest BCUT2D eigenvalue weighted by molar-refractivity contribution is 0.0819. The molecule has 0 unspecified atom stereocenters. The van der Waals surface area contributed by atoms with Crippen LogP contribution in [0, 0.1) is 0 Å². The van der Waals surface area contributed by atoms with Crippen LogP contribution in [-0.2, 0) is 6.54 Å². The molecule has 1 aliphatic heterocycles. The summed E-state index contributed by atoms with van der Waals surface area (Å²) in [5, 5.41) is 0.631. The minimum Gasteiger partial charge on any atom is -0.343 e. The molecule has 0 spiro atoms. The van der Waals surface area contributed by atoms with E-state index in [2.05, 4.69) is 27.0 Å². The molecule has 0 N–H and O–H groups in total. The van der Waals surface area contributed by atoms with Gasteiger partial charge in [-0.15, -0.1) is 0 Å². The molecule has 1 aliphatic rings. The Kier molecular flexibility index (Phi) is 5.33. The fourth-order valence-corrected chi connectivity index (χ4v) is 4.03. The smallest absolute Gasteiger partial charge is 0.273 e. The van der Waals surface area contributed by atoms with Crippen LogP contribution in [0.5, 0.6) is 0 Å². The van der Waals surface area contributed by atoms with Gasteiger partial charge < -0.3 is 9.30 Å². The van der Waals surface area contributed by atoms with E-state index in [4.69, 9.17) is 11.6 Å². The minimum atomic E-state index is -0.0820. The number of fused-ring (bicyclic) bond motifs is 1. The number of rotatable bonds is 4. The Morgan fingerprint density at radius 2 is 1.89 bits per heavy atom. The van der Waals surface area contributed by atoms with Crippen molar-refractivity contribution in [3.8, 4) is 0 Å². The number of halogens is 1. The molecule has 6 nitrogen and oxygen atoms in total. The van der Waals surface area contributed by atoms with Gasteiger partial charge in [-0.1, -0.05) is 11.6 Å². The standard InChI is InChI=1S/C21H24ClN5O/c1-25(2)21(28)20-18(27-13-17(22)3-4-19(27)24-20)14-26-11-7-16(8-12-26)15-5-9-23-10-6-15/h3-6,9-10,13,16H,7-8,11-12,14H2,1-2H3. The maximum atomic E-state index is 12.7. The quantitative estimate of drug-likeness (QED) is 0.676. The summed E-state index contributed by atoms with van der Waals surface area (Å²) in [6.45, 7) is 2.65. The molecule has 0 bridgehead atoms. The molecule has 7 heteroatoms. The second kappa shape index (κ2) is 7.89. The molecule has 1 amide bonds. The number of hydrogen-bond donors (Lipinski definition) is 0. The lowest BCUT2D eigenvalue weighted by atomic mass is 9.90. The fourth-order valence-electron chi connectivity index (χ4n) is 3.87. The fraction of sp³-hybridized carbons (Fsp3) is 0.381. The summed E-state index contributed by atoms with van der Waals surface area (Å²) in [5.41, 5.74) is 3.51. The van der Waals surface area contributed by atoms with E-state index in [-0.39, 0.29) is 5.91 Å². The highest BCUT2D eigenvalue weighted by molar-refractivity contribution is 6.30. The Labute approximate surface area is 169 Å². The molecule has 0 aromatic carbocycles. The van der Waals surface area contributed by atoms with Crippen molar-refractivity contribution < 1.29 is 4.79 Å². The van der Waals surface area contributed by atoms with Crippen LogP contribution in [0.15, 0.2) is 42.9 Å². The zero-order valence-corrected chi connectivity index (χ0v) is 16.9. The number of carbonyl (C=O) groups is 1. The summed E-state index contributed by atoms with van der Waals surface area (Å²) in [6.07, 6.45) is 7.76. The van der Waals surface area contributed by atoms with E-state index in [0.29, 0.717) is 23.2 Å². The highest BCUT2D eigenvalue weighted by atomic mass is 35.5. The Morgan fingerprint density at radius 1 is 1.18 bits per heavy atom. The monoisotopic (exact) mass is 397 g/mol. The SMILES string of the molecule is CN(C)C(=O)c1nc2ccc(Cl)cn2c1CN1CCC(c2ccncc2)CC1. The molecule has 28 heavy (non-hydrogen) atoms. The van der Waals surface area contributed by atoms with Gasteiger partial charge >= 0.3 is 0 Å². The maximum absolute atomic E-state index is 12.7. The first-order valence-electron chi connectivity index (χ1n) is 9.53. The van der Waals surface area contributed by atoms with E-state index in [1.807, 2.05) is 29.1 Å². The van der Waals surface area contributed by atoms with Crippen molar-refractivity contribution in [2.45, 2.75) is 25.3 Å². The van der Waals surface area contributed by atoms with Crippen LogP contribution in [0.2, 0.25) is 5.02 Å². The van der Waals surface area contributed by atoms with Crippen LogP contribution in [0.4, 0.5) is 0 Å². The summed E-state index contributed by atoms with van der Waals surface area (Å²) in [7, 11) is 3.51. The van der Waals surface area contributed by atoms with Crippen LogP contribution < -0.4 is 0 Å². The largest absolute Gasteiger partial charge is 0.343 e. The molecule has 146 valence electrons. The minimum absolute atomic E-state index is 0.0820. The van der Waals surface area contributed by atoms with Crippen LogP contribution in [0.1, 0.15) is 40.5 Å². The van der Waals surface area contributed by atoms with Crippen molar-refractivity contribution >= 4 is 23.2 Å². The van der Waals surface area contributed by atoms with Crippen molar-refractivity contribution in [2.75, 3.05) is 27.2 Å². The normalized spacial score (nSPS) is 15.8. The second-order valence-corrected chi connectivity index (χ2v) is 7.95. The summed E-state index contributed by atoms with van der Waals surface area (Å²) >= 11 is 6.21. The number of amides is 1. The summed E-state index contributed by atoms with van der Waals surface area (Å²) < 4.78 is 1.95. The van der Waals surface area contributed by atoms with Gasteiger partial charge in [-0.2, -0.15) is 0 Å². The molecule has 4 heterocycles. The second-order valence-electron chi connectivity index (χ2n) is 7.51. The summed E-state index contributed by atoms with van der Waals surface area (Å²) in [6, 6.07) is 7.88. The summed E-state index contributed by atoms with van der Waals surface area (Å²) in [4.78, 5) is 25.4. The highest BCUT2D eigenvalue weighted by Crippen LogP contribution is 2.29. The van der Waals surface area contributed by atoms with Gasteiger partial charge in [0.15, 0.2) is 5.69 Å². The van der Waals surface area contributed by atoms with Crippen molar-refractivity contribution in [1.82, 2.24) is 24.2 Å². The number of imidazole rings is 1. The summed E-state index contributed by atoms with van der Waals surface area (Å²) in [5.74, 6) is 0.486. The van der Waals surface area contributed by atoms with Crippen LogP contribution in [0.3, 0.4) is 0 Å². The van der Waals surface area contributed by atoms with Gasteiger partial charge in [0.1, 0.15) is 5.65 Å². The zero-order chi connectivity index (χ0) is 19.7. The van der Waals surface area contributed by atoms with Crippen LogP contribution in [0.25, 0.3) is 5.65 Å². The van der Waals surface area contributed by atoms with Crippen LogP contribution in [-0.4, -0.2) is 57.3 Å². The molecule has 3 aromatic rings. The Morgan fingerprint density at radius 3 is 2.57 bits per heavy atom. The average Bonchev–Trinajstić information content (AvgIpc) is 3.06. The van der Waals surface area contributed by atoms with Gasteiger partial charge in [0.2, 0.25) is 0 Å². The number of aromatic nitrogens is 3. The van der Waals surface area contributed by atoms with Crippen molar-refractivity contribution in [3.63, 3.8) is 0 Å². The van der Waals surface area contributed by atoms with Gasteiger partial charge in [-0.3, -0.25) is 14.7 Å². The first-order valence-corrected chi connectivity index (χ1v) is 9.91. The topological polar surface area (TPSA) is 53.7 Å². The van der Waals surface area contributed by atoms with Gasteiger partial charge in [0.05, 0.1) is 10.7 Å². The van der Waals surface area contributed by atoms with Gasteiger partial charge in [-0.05, 0) is 61.7 Å². The molecule has 3 aromatic heterocycles. The Hall–Kier alpha value is -2.44. The molecular weight excluding hydrogens is 374 g/mol. The number of carbonyl (C=O) groups excluding carboxylic acids is 1. The molecule has 0 radical (unpaired) electrons. The van der Waals surface area contributed by atoms with E-state index in [9.17, 15) is 4.79 Å². The predicted molar refractivity (Wildman–Crippen MR) is 110 cm³/mol. The maximum Gasteiger partial charge on any atom is 0.273 e. The first-order chi connectivity index (χ1) is 13.5. The number of piperidine rings is 1. The van der Waals surface area contributed by atoms with E-state index < -0.39 is 0 Å². The van der Waals surface area contributed by atoms with Crippen LogP contribution >= 0.6 is 11.6 Å². The molecular formula is C21H24ClN5O. The molecule has 0 saturated carbocycles. The zero-order valence-electron chi connectivity index (χ0n) is 16.2. The Balaban J connectivity index is 1.57. The lowest BCUT2D eigenvalue weighted by Crippen LogP contribution is -2.34. The van der Waals surface area contributed by atoms with Crippen molar-refractivity contribution in [3.05, 3.63) is 64.8 Å². The van der Waals surface area contributed by atoms with Gasteiger partial charge in [0, 0.05) is 39.2 Å². The van der Waals surface area contributed by atoms with Crippen molar-refractivity contribution in [1.29, 1.82) is 0 Å². The average molecular weight is 398 g/mol. The molecule has 0 aliphatic carbocycles. The van der Waals surface area contributed by atoms with E-state index in [0.717, 1.165) is 37.3 Å².